The third kappa shape index (κ3) is 1.42. The minimum absolute atomic E-state index is 0.0369. The number of nitrogens with one attached hydrogen (secondary N) is 1. The summed E-state index contributed by atoms with van der Waals surface area (Å²) in [4.78, 5) is 31.1. The Labute approximate surface area is 79.1 Å². The molecule has 68 valence electrons. The molecular weight excluding hydrogens is 192 g/mol. The lowest BCUT2D eigenvalue weighted by atomic mass is 10.3. The number of carbonyl (C=O) groups excluding carboxylic acids is 2. The molecule has 2 aliphatic rings. The number of nitrogens with zero attached hydrogens (tertiary/aromatic N) is 3. The van der Waals surface area contributed by atoms with Crippen LogP contribution in [-0.4, -0.2) is 40.9 Å². The minimum atomic E-state index is -0.410. The van der Waals surface area contributed by atoms with E-state index in [1.54, 1.807) is 0 Å². The summed E-state index contributed by atoms with van der Waals surface area (Å²) >= 11 is 3.89. The topological polar surface area (TPSA) is 74.1 Å². The van der Waals surface area contributed by atoms with Crippen molar-refractivity contribution in [1.29, 1.82) is 0 Å². The van der Waals surface area contributed by atoms with Crippen LogP contribution < -0.4 is 5.32 Å². The van der Waals surface area contributed by atoms with Crippen LogP contribution in [0.15, 0.2) is 9.98 Å². The zero-order chi connectivity index (χ0) is 9.42. The van der Waals surface area contributed by atoms with Crippen molar-refractivity contribution in [3.63, 3.8) is 0 Å². The van der Waals surface area contributed by atoms with E-state index in [4.69, 9.17) is 0 Å². The van der Waals surface area contributed by atoms with Crippen molar-refractivity contribution in [2.24, 2.45) is 9.98 Å². The van der Waals surface area contributed by atoms with Crippen molar-refractivity contribution < 1.29 is 9.59 Å². The summed E-state index contributed by atoms with van der Waals surface area (Å²) in [5, 5.41) is 2.57. The van der Waals surface area contributed by atoms with Crippen LogP contribution in [0.25, 0.3) is 0 Å². The number of rotatable bonds is 0. The second-order valence-electron chi connectivity index (χ2n) is 2.61. The molecule has 13 heavy (non-hydrogen) atoms. The van der Waals surface area contributed by atoms with Crippen LogP contribution >= 0.6 is 12.6 Å². The van der Waals surface area contributed by atoms with E-state index in [1.807, 2.05) is 0 Å². The first-order valence-corrected chi connectivity index (χ1v) is 4.04. The van der Waals surface area contributed by atoms with Crippen molar-refractivity contribution >= 4 is 35.6 Å². The predicted octanol–water partition coefficient (Wildman–Crippen LogP) is -0.764. The minimum Gasteiger partial charge on any atom is -0.296 e. The van der Waals surface area contributed by atoms with Crippen molar-refractivity contribution in [3.8, 4) is 0 Å². The molecule has 0 radical (unpaired) electrons. The van der Waals surface area contributed by atoms with Gasteiger partial charge >= 0.3 is 6.03 Å². The normalized spacial score (nSPS) is 21.8. The Balaban J connectivity index is 2.37. The maximum absolute atomic E-state index is 11.2. The van der Waals surface area contributed by atoms with E-state index in [0.717, 1.165) is 0 Å². The molecule has 6 nitrogen and oxygen atoms in total. The molecule has 0 atom stereocenters. The zero-order valence-corrected chi connectivity index (χ0v) is 7.41. The number of urea groups is 1. The Morgan fingerprint density at radius 2 is 2.23 bits per heavy atom. The van der Waals surface area contributed by atoms with E-state index in [1.165, 1.54) is 4.90 Å². The van der Waals surface area contributed by atoms with Gasteiger partial charge in [-0.1, -0.05) is 0 Å². The summed E-state index contributed by atoms with van der Waals surface area (Å²) in [5.41, 5.74) is 0. The van der Waals surface area contributed by atoms with Crippen LogP contribution in [0.4, 0.5) is 4.79 Å². The van der Waals surface area contributed by atoms with Gasteiger partial charge in [0.05, 0.1) is 6.54 Å². The summed E-state index contributed by atoms with van der Waals surface area (Å²) < 4.78 is 0. The van der Waals surface area contributed by atoms with Gasteiger partial charge in [-0.05, 0) is 0 Å². The highest BCUT2D eigenvalue weighted by atomic mass is 32.1. The molecule has 0 aromatic heterocycles. The van der Waals surface area contributed by atoms with Gasteiger partial charge in [0.2, 0.25) is 5.96 Å². The molecule has 2 heterocycles. The third-order valence-corrected chi connectivity index (χ3v) is 1.85. The molecule has 0 saturated carbocycles. The summed E-state index contributed by atoms with van der Waals surface area (Å²) in [6, 6.07) is -0.410. The standard InChI is InChI=1S/C6H6N4O2S/c11-3-1-7-4-8-5(13)9-6(12)10(4)2-3/h1-2H2,(H2,7,8,9,12,13). The van der Waals surface area contributed by atoms with Gasteiger partial charge in [0.1, 0.15) is 6.54 Å². The average molecular weight is 198 g/mol. The zero-order valence-electron chi connectivity index (χ0n) is 6.52. The first kappa shape index (κ1) is 8.24. The van der Waals surface area contributed by atoms with Crippen LogP contribution in [0.5, 0.6) is 0 Å². The monoisotopic (exact) mass is 198 g/mol. The van der Waals surface area contributed by atoms with Crippen LogP contribution in [0.1, 0.15) is 0 Å². The molecule has 0 aromatic carbocycles. The van der Waals surface area contributed by atoms with E-state index >= 15 is 0 Å². The van der Waals surface area contributed by atoms with Crippen LogP contribution in [0, 0.1) is 0 Å². The first-order chi connectivity index (χ1) is 6.16. The molecule has 2 aliphatic heterocycles. The first-order valence-electron chi connectivity index (χ1n) is 3.59. The molecular formula is C6H6N4O2S. The Hall–Kier alpha value is -1.37. The number of hydrogen-bond donors (Lipinski definition) is 2. The number of aliphatic imine (C=N–C) groups is 2. The van der Waals surface area contributed by atoms with Crippen molar-refractivity contribution in [2.45, 2.75) is 0 Å². The summed E-state index contributed by atoms with van der Waals surface area (Å²) in [7, 11) is 0. The molecule has 2 rings (SSSR count). The third-order valence-electron chi connectivity index (χ3n) is 1.64. The Morgan fingerprint density at radius 3 is 3.00 bits per heavy atom. The van der Waals surface area contributed by atoms with Gasteiger partial charge in [0.15, 0.2) is 11.0 Å². The van der Waals surface area contributed by atoms with E-state index < -0.39 is 6.03 Å². The van der Waals surface area contributed by atoms with Crippen LogP contribution in [0.2, 0.25) is 0 Å². The van der Waals surface area contributed by atoms with Gasteiger partial charge in [0, 0.05) is 0 Å². The van der Waals surface area contributed by atoms with E-state index in [9.17, 15) is 9.59 Å². The number of carbonyl (C=O) groups is 2. The number of amidine groups is 1. The van der Waals surface area contributed by atoms with Crippen LogP contribution in [-0.2, 0) is 4.79 Å². The van der Waals surface area contributed by atoms with Gasteiger partial charge in [-0.2, -0.15) is 4.99 Å². The van der Waals surface area contributed by atoms with E-state index in [-0.39, 0.29) is 30.0 Å². The molecule has 7 heteroatoms. The highest BCUT2D eigenvalue weighted by molar-refractivity contribution is 7.97. The molecule has 2 amide bonds. The quantitative estimate of drug-likeness (QED) is 0.502. The van der Waals surface area contributed by atoms with Gasteiger partial charge in [-0.3, -0.25) is 15.0 Å². The lowest BCUT2D eigenvalue weighted by molar-refractivity contribution is -0.118. The number of hydrogen-bond acceptors (Lipinski definition) is 4. The second kappa shape index (κ2) is 2.84. The number of guanidine groups is 1. The number of amides is 2. The molecule has 0 saturated heterocycles. The number of ketones is 1. The second-order valence-corrected chi connectivity index (χ2v) is 3.03. The van der Waals surface area contributed by atoms with E-state index in [0.29, 0.717) is 0 Å². The highest BCUT2D eigenvalue weighted by Crippen LogP contribution is 2.07. The summed E-state index contributed by atoms with van der Waals surface area (Å²) in [6.45, 7) is 0.124. The number of thiol groups is 1. The molecule has 0 spiro atoms. The lowest BCUT2D eigenvalue weighted by Gasteiger charge is -2.27. The van der Waals surface area contributed by atoms with Gasteiger partial charge in [-0.25, -0.2) is 9.79 Å². The molecule has 1 N–H and O–H groups in total. The SMILES string of the molecule is O=C1CN=C2N=C(S)NC(=O)N2C1. The smallest absolute Gasteiger partial charge is 0.296 e. The molecule has 0 aromatic rings. The Morgan fingerprint density at radius 1 is 1.46 bits per heavy atom. The maximum atomic E-state index is 11.2. The van der Waals surface area contributed by atoms with Gasteiger partial charge in [-0.15, -0.1) is 12.6 Å². The van der Waals surface area contributed by atoms with E-state index in [2.05, 4.69) is 27.9 Å². The highest BCUT2D eigenvalue weighted by Gasteiger charge is 2.29. The van der Waals surface area contributed by atoms with Gasteiger partial charge in [0.25, 0.3) is 0 Å². The fraction of sp³-hybridized carbons (Fsp3) is 0.333. The molecule has 0 aliphatic carbocycles. The van der Waals surface area contributed by atoms with Crippen molar-refractivity contribution in [2.75, 3.05) is 13.1 Å². The fourth-order valence-corrected chi connectivity index (χ4v) is 1.27. The van der Waals surface area contributed by atoms with Crippen molar-refractivity contribution in [1.82, 2.24) is 10.2 Å². The lowest BCUT2D eigenvalue weighted by Crippen LogP contribution is -2.53. The summed E-state index contributed by atoms with van der Waals surface area (Å²) in [6.07, 6.45) is 0. The molecule has 0 bridgehead atoms. The van der Waals surface area contributed by atoms with Gasteiger partial charge < -0.3 is 0 Å². The number of Topliss-reactive ketones (excluding diaryl/α,β-unsaturated/α-hetero) is 1. The molecule has 0 fully saturated rings. The predicted molar refractivity (Wildman–Crippen MR) is 49.0 cm³/mol. The largest absolute Gasteiger partial charge is 0.330 e. The Kier molecular flexibility index (Phi) is 1.80. The summed E-state index contributed by atoms with van der Waals surface area (Å²) in [5.74, 6) is 0.157. The number of fused-ring (bicyclic) bond motifs is 1. The maximum Gasteiger partial charge on any atom is 0.330 e. The van der Waals surface area contributed by atoms with Crippen LogP contribution in [0.3, 0.4) is 0 Å². The fourth-order valence-electron chi connectivity index (χ4n) is 1.09. The van der Waals surface area contributed by atoms with Crippen molar-refractivity contribution in [3.05, 3.63) is 0 Å². The molecule has 0 unspecified atom stereocenters. The average Bonchev–Trinajstić information content (AvgIpc) is 2.06. The Bertz CT molecular complexity index is 349.